The molecule has 3 nitrogen and oxygen atoms in total. The lowest BCUT2D eigenvalue weighted by Crippen LogP contribution is -1.89. The standard InChI is InChI=1S/C15H13N3S/c1-2-11-6-7-13-12(9-11)15(18-10-17-13)19-14-5-3-4-8-16-14/h3-10H,2H2,1H3. The maximum absolute atomic E-state index is 4.39. The molecule has 0 unspecified atom stereocenters. The molecule has 3 aromatic rings. The van der Waals surface area contributed by atoms with Crippen molar-refractivity contribution in [2.75, 3.05) is 0 Å². The first-order valence-electron chi connectivity index (χ1n) is 6.19. The van der Waals surface area contributed by atoms with Crippen LogP contribution in [0.2, 0.25) is 0 Å². The maximum atomic E-state index is 4.39. The molecular formula is C15H13N3S. The summed E-state index contributed by atoms with van der Waals surface area (Å²) in [5.74, 6) is 0. The van der Waals surface area contributed by atoms with E-state index in [0.29, 0.717) is 0 Å². The van der Waals surface area contributed by atoms with E-state index < -0.39 is 0 Å². The molecule has 0 bridgehead atoms. The predicted octanol–water partition coefficient (Wildman–Crippen LogP) is 3.74. The van der Waals surface area contributed by atoms with Crippen molar-refractivity contribution in [3.05, 3.63) is 54.5 Å². The zero-order valence-corrected chi connectivity index (χ0v) is 11.4. The van der Waals surface area contributed by atoms with Gasteiger partial charge in [-0.2, -0.15) is 0 Å². The molecular weight excluding hydrogens is 254 g/mol. The SMILES string of the molecule is CCc1ccc2ncnc(Sc3ccccn3)c2c1. The Balaban J connectivity index is 2.07. The van der Waals surface area contributed by atoms with Gasteiger partial charge >= 0.3 is 0 Å². The minimum atomic E-state index is 0.949. The van der Waals surface area contributed by atoms with E-state index in [0.717, 1.165) is 27.4 Å². The molecule has 0 atom stereocenters. The second-order valence-corrected chi connectivity index (χ2v) is 5.16. The van der Waals surface area contributed by atoms with Crippen molar-refractivity contribution in [2.24, 2.45) is 0 Å². The summed E-state index contributed by atoms with van der Waals surface area (Å²) in [6, 6.07) is 12.2. The quantitative estimate of drug-likeness (QED) is 0.678. The van der Waals surface area contributed by atoms with E-state index in [1.54, 1.807) is 24.3 Å². The van der Waals surface area contributed by atoms with Crippen molar-refractivity contribution in [3.8, 4) is 0 Å². The third kappa shape index (κ3) is 2.58. The van der Waals surface area contributed by atoms with Gasteiger partial charge in [-0.15, -0.1) is 0 Å². The molecule has 2 aromatic heterocycles. The minimum Gasteiger partial charge on any atom is -0.250 e. The fourth-order valence-corrected chi connectivity index (χ4v) is 2.72. The fourth-order valence-electron chi connectivity index (χ4n) is 1.89. The number of fused-ring (bicyclic) bond motifs is 1. The van der Waals surface area contributed by atoms with Crippen molar-refractivity contribution in [3.63, 3.8) is 0 Å². The van der Waals surface area contributed by atoms with Gasteiger partial charge in [0.2, 0.25) is 0 Å². The van der Waals surface area contributed by atoms with Crippen LogP contribution in [0.3, 0.4) is 0 Å². The second kappa shape index (κ2) is 5.36. The fraction of sp³-hybridized carbons (Fsp3) is 0.133. The average Bonchev–Trinajstić information content (AvgIpc) is 2.48. The zero-order valence-electron chi connectivity index (χ0n) is 10.6. The monoisotopic (exact) mass is 267 g/mol. The topological polar surface area (TPSA) is 38.7 Å². The number of aryl methyl sites for hydroxylation is 1. The molecule has 0 aliphatic rings. The lowest BCUT2D eigenvalue weighted by atomic mass is 10.1. The molecule has 19 heavy (non-hydrogen) atoms. The van der Waals surface area contributed by atoms with Crippen molar-refractivity contribution in [1.29, 1.82) is 0 Å². The van der Waals surface area contributed by atoms with E-state index in [4.69, 9.17) is 0 Å². The summed E-state index contributed by atoms with van der Waals surface area (Å²) < 4.78 is 0. The first-order valence-corrected chi connectivity index (χ1v) is 7.01. The first-order chi connectivity index (χ1) is 9.36. The maximum Gasteiger partial charge on any atom is 0.117 e. The summed E-state index contributed by atoms with van der Waals surface area (Å²) in [5.41, 5.74) is 2.27. The molecule has 0 fully saturated rings. The van der Waals surface area contributed by atoms with E-state index in [2.05, 4.69) is 40.1 Å². The van der Waals surface area contributed by atoms with Crippen LogP contribution in [0.25, 0.3) is 10.9 Å². The Morgan fingerprint density at radius 1 is 1.05 bits per heavy atom. The Morgan fingerprint density at radius 3 is 2.79 bits per heavy atom. The van der Waals surface area contributed by atoms with Crippen molar-refractivity contribution in [1.82, 2.24) is 15.0 Å². The number of benzene rings is 1. The number of rotatable bonds is 3. The number of nitrogens with zero attached hydrogens (tertiary/aromatic N) is 3. The average molecular weight is 267 g/mol. The van der Waals surface area contributed by atoms with Crippen LogP contribution in [0.5, 0.6) is 0 Å². The molecule has 1 aromatic carbocycles. The van der Waals surface area contributed by atoms with Crippen LogP contribution in [0.1, 0.15) is 12.5 Å². The van der Waals surface area contributed by atoms with Crippen molar-refractivity contribution >= 4 is 22.7 Å². The van der Waals surface area contributed by atoms with Gasteiger partial charge < -0.3 is 0 Å². The summed E-state index contributed by atoms with van der Waals surface area (Å²) in [5, 5.41) is 3.00. The van der Waals surface area contributed by atoms with E-state index in [9.17, 15) is 0 Å². The summed E-state index contributed by atoms with van der Waals surface area (Å²) >= 11 is 1.57. The predicted molar refractivity (Wildman–Crippen MR) is 77.3 cm³/mol. The van der Waals surface area contributed by atoms with Gasteiger partial charge in [-0.25, -0.2) is 15.0 Å². The van der Waals surface area contributed by atoms with Crippen molar-refractivity contribution in [2.45, 2.75) is 23.4 Å². The van der Waals surface area contributed by atoms with Crippen LogP contribution in [-0.4, -0.2) is 15.0 Å². The van der Waals surface area contributed by atoms with Crippen LogP contribution in [-0.2, 0) is 6.42 Å². The molecule has 0 saturated heterocycles. The van der Waals surface area contributed by atoms with Gasteiger partial charge in [0, 0.05) is 11.6 Å². The van der Waals surface area contributed by atoms with E-state index in [1.807, 2.05) is 18.2 Å². The number of aromatic nitrogens is 3. The van der Waals surface area contributed by atoms with E-state index in [-0.39, 0.29) is 0 Å². The molecule has 3 rings (SSSR count). The molecule has 4 heteroatoms. The van der Waals surface area contributed by atoms with Crippen LogP contribution in [0.4, 0.5) is 0 Å². The number of pyridine rings is 1. The van der Waals surface area contributed by atoms with E-state index >= 15 is 0 Å². The third-order valence-electron chi connectivity index (χ3n) is 2.91. The van der Waals surface area contributed by atoms with E-state index in [1.165, 1.54) is 5.56 Å². The lowest BCUT2D eigenvalue weighted by molar-refractivity contribution is 1.07. The Bertz CT molecular complexity index is 698. The Hall–Kier alpha value is -1.94. The van der Waals surface area contributed by atoms with Gasteiger partial charge in [0.1, 0.15) is 16.4 Å². The number of hydrogen-bond donors (Lipinski definition) is 0. The van der Waals surface area contributed by atoms with Crippen molar-refractivity contribution < 1.29 is 0 Å². The molecule has 0 N–H and O–H groups in total. The largest absolute Gasteiger partial charge is 0.250 e. The molecule has 0 aliphatic carbocycles. The Kier molecular flexibility index (Phi) is 3.42. The van der Waals surface area contributed by atoms with Gasteiger partial charge in [0.25, 0.3) is 0 Å². The molecule has 0 aliphatic heterocycles. The summed E-state index contributed by atoms with van der Waals surface area (Å²) in [6.45, 7) is 2.15. The molecule has 2 heterocycles. The highest BCUT2D eigenvalue weighted by molar-refractivity contribution is 7.99. The molecule has 94 valence electrons. The highest BCUT2D eigenvalue weighted by atomic mass is 32.2. The van der Waals surface area contributed by atoms with Gasteiger partial charge in [-0.3, -0.25) is 0 Å². The number of hydrogen-bond acceptors (Lipinski definition) is 4. The lowest BCUT2D eigenvalue weighted by Gasteiger charge is -2.05. The second-order valence-electron chi connectivity index (χ2n) is 4.15. The summed E-state index contributed by atoms with van der Waals surface area (Å²) in [6.07, 6.45) is 4.42. The van der Waals surface area contributed by atoms with Gasteiger partial charge in [-0.1, -0.05) is 19.1 Å². The molecule has 0 spiro atoms. The molecule has 0 radical (unpaired) electrons. The normalized spacial score (nSPS) is 10.8. The highest BCUT2D eigenvalue weighted by Gasteiger charge is 2.06. The first kappa shape index (κ1) is 12.1. The van der Waals surface area contributed by atoms with Crippen LogP contribution in [0, 0.1) is 0 Å². The van der Waals surface area contributed by atoms with Gasteiger partial charge in [0.15, 0.2) is 0 Å². The summed E-state index contributed by atoms with van der Waals surface area (Å²) in [4.78, 5) is 13.0. The highest BCUT2D eigenvalue weighted by Crippen LogP contribution is 2.30. The smallest absolute Gasteiger partial charge is 0.117 e. The Labute approximate surface area is 116 Å². The van der Waals surface area contributed by atoms with Crippen LogP contribution < -0.4 is 0 Å². The minimum absolute atomic E-state index is 0.949. The van der Waals surface area contributed by atoms with Gasteiger partial charge in [0.05, 0.1) is 5.52 Å². The van der Waals surface area contributed by atoms with Gasteiger partial charge in [-0.05, 0) is 48.0 Å². The summed E-state index contributed by atoms with van der Waals surface area (Å²) in [7, 11) is 0. The molecule has 0 saturated carbocycles. The van der Waals surface area contributed by atoms with Crippen LogP contribution in [0.15, 0.2) is 59.0 Å². The van der Waals surface area contributed by atoms with Crippen LogP contribution >= 0.6 is 11.8 Å². The zero-order chi connectivity index (χ0) is 13.1. The Morgan fingerprint density at radius 2 is 2.00 bits per heavy atom. The molecule has 0 amide bonds. The third-order valence-corrected chi connectivity index (χ3v) is 3.88.